The number of benzene rings is 1. The molecule has 0 radical (unpaired) electrons. The van der Waals surface area contributed by atoms with Gasteiger partial charge in [0.25, 0.3) is 5.91 Å². The molecule has 0 heterocycles. The molecular formula is C14H17N3O2. The molecule has 1 rings (SSSR count). The van der Waals surface area contributed by atoms with Gasteiger partial charge in [0.15, 0.2) is 0 Å². The van der Waals surface area contributed by atoms with Gasteiger partial charge in [-0.15, -0.1) is 0 Å². The average Bonchev–Trinajstić information content (AvgIpc) is 2.38. The Hall–Kier alpha value is -2.48. The average molecular weight is 259 g/mol. The Morgan fingerprint density at radius 2 is 2.05 bits per heavy atom. The Morgan fingerprint density at radius 1 is 1.42 bits per heavy atom. The van der Waals surface area contributed by atoms with Gasteiger partial charge in [-0.05, 0) is 31.2 Å². The van der Waals surface area contributed by atoms with E-state index in [4.69, 9.17) is 10.00 Å². The highest BCUT2D eigenvalue weighted by molar-refractivity contribution is 6.06. The molecule has 0 saturated carbocycles. The number of rotatable bonds is 5. The van der Waals surface area contributed by atoms with E-state index in [0.717, 1.165) is 5.75 Å². The molecule has 0 aromatic heterocycles. The summed E-state index contributed by atoms with van der Waals surface area (Å²) in [6.07, 6.45) is 1.48. The van der Waals surface area contributed by atoms with Crippen molar-refractivity contribution >= 4 is 11.6 Å². The van der Waals surface area contributed by atoms with Crippen LogP contribution in [0.15, 0.2) is 36.0 Å². The fourth-order valence-electron chi connectivity index (χ4n) is 1.40. The highest BCUT2D eigenvalue weighted by Crippen LogP contribution is 2.16. The summed E-state index contributed by atoms with van der Waals surface area (Å²) in [6, 6.07) is 8.86. The van der Waals surface area contributed by atoms with Crippen LogP contribution in [0.4, 0.5) is 5.69 Å². The zero-order valence-electron chi connectivity index (χ0n) is 11.3. The van der Waals surface area contributed by atoms with Crippen molar-refractivity contribution in [2.75, 3.05) is 26.0 Å². The van der Waals surface area contributed by atoms with Gasteiger partial charge >= 0.3 is 0 Å². The molecule has 0 aliphatic carbocycles. The van der Waals surface area contributed by atoms with Gasteiger partial charge in [0.2, 0.25) is 0 Å². The van der Waals surface area contributed by atoms with E-state index in [1.807, 2.05) is 13.0 Å². The SMILES string of the molecule is CCOc1ccc(NC(=O)C(C#N)=CN(C)C)cc1. The number of nitrogens with one attached hydrogen (secondary N) is 1. The van der Waals surface area contributed by atoms with E-state index in [9.17, 15) is 4.79 Å². The van der Waals surface area contributed by atoms with Gasteiger partial charge < -0.3 is 15.0 Å². The number of ether oxygens (including phenoxy) is 1. The molecule has 0 spiro atoms. The van der Waals surface area contributed by atoms with E-state index in [2.05, 4.69) is 5.32 Å². The molecule has 1 amide bonds. The molecule has 0 aliphatic heterocycles. The quantitative estimate of drug-likeness (QED) is 0.648. The van der Waals surface area contributed by atoms with Crippen LogP contribution in [0.2, 0.25) is 0 Å². The van der Waals surface area contributed by atoms with Crippen molar-refractivity contribution in [3.8, 4) is 11.8 Å². The maximum absolute atomic E-state index is 11.8. The first-order valence-electron chi connectivity index (χ1n) is 5.89. The van der Waals surface area contributed by atoms with E-state index in [0.29, 0.717) is 12.3 Å². The molecule has 0 bridgehead atoms. The molecule has 0 unspecified atom stereocenters. The Bertz CT molecular complexity index is 498. The molecule has 1 aromatic carbocycles. The van der Waals surface area contributed by atoms with Crippen LogP contribution in [0.3, 0.4) is 0 Å². The summed E-state index contributed by atoms with van der Waals surface area (Å²) in [5.41, 5.74) is 0.673. The third-order valence-electron chi connectivity index (χ3n) is 2.18. The number of amides is 1. The molecule has 1 N–H and O–H groups in total. The predicted octanol–water partition coefficient (Wildman–Crippen LogP) is 1.99. The number of nitriles is 1. The second-order valence-corrected chi connectivity index (χ2v) is 4.03. The van der Waals surface area contributed by atoms with Crippen molar-refractivity contribution in [1.29, 1.82) is 5.26 Å². The number of hydrogen-bond donors (Lipinski definition) is 1. The summed E-state index contributed by atoms with van der Waals surface area (Å²) in [5, 5.41) is 11.6. The topological polar surface area (TPSA) is 65.4 Å². The van der Waals surface area contributed by atoms with Crippen LogP contribution in [0, 0.1) is 11.3 Å². The fourth-order valence-corrected chi connectivity index (χ4v) is 1.40. The fraction of sp³-hybridized carbons (Fsp3) is 0.286. The van der Waals surface area contributed by atoms with Crippen LogP contribution in [-0.4, -0.2) is 31.5 Å². The van der Waals surface area contributed by atoms with Crippen LogP contribution in [-0.2, 0) is 4.79 Å². The van der Waals surface area contributed by atoms with Crippen molar-refractivity contribution in [2.45, 2.75) is 6.92 Å². The minimum atomic E-state index is -0.430. The molecule has 0 saturated heterocycles. The molecular weight excluding hydrogens is 242 g/mol. The molecule has 0 atom stereocenters. The number of carbonyl (C=O) groups excluding carboxylic acids is 1. The summed E-state index contributed by atoms with van der Waals surface area (Å²) >= 11 is 0. The van der Waals surface area contributed by atoms with Crippen molar-refractivity contribution in [3.63, 3.8) is 0 Å². The van der Waals surface area contributed by atoms with Gasteiger partial charge in [-0.1, -0.05) is 0 Å². The minimum Gasteiger partial charge on any atom is -0.494 e. The second-order valence-electron chi connectivity index (χ2n) is 4.03. The zero-order valence-corrected chi connectivity index (χ0v) is 11.3. The third-order valence-corrected chi connectivity index (χ3v) is 2.18. The van der Waals surface area contributed by atoms with Gasteiger partial charge in [0, 0.05) is 26.0 Å². The minimum absolute atomic E-state index is 0.0545. The lowest BCUT2D eigenvalue weighted by Gasteiger charge is -2.08. The summed E-state index contributed by atoms with van der Waals surface area (Å²) in [6.45, 7) is 2.50. The summed E-state index contributed by atoms with van der Waals surface area (Å²) in [7, 11) is 3.50. The van der Waals surface area contributed by atoms with Crippen molar-refractivity contribution < 1.29 is 9.53 Å². The van der Waals surface area contributed by atoms with Gasteiger partial charge in [0.05, 0.1) is 6.61 Å². The molecule has 0 aliphatic rings. The van der Waals surface area contributed by atoms with Crippen molar-refractivity contribution in [2.24, 2.45) is 0 Å². The van der Waals surface area contributed by atoms with Gasteiger partial charge in [-0.2, -0.15) is 5.26 Å². The van der Waals surface area contributed by atoms with Crippen LogP contribution in [0.5, 0.6) is 5.75 Å². The van der Waals surface area contributed by atoms with Crippen LogP contribution in [0.1, 0.15) is 6.92 Å². The summed E-state index contributed by atoms with van der Waals surface area (Å²) in [4.78, 5) is 13.5. The number of anilines is 1. The first-order valence-corrected chi connectivity index (χ1v) is 5.89. The Kier molecular flexibility index (Phi) is 5.42. The first kappa shape index (κ1) is 14.6. The lowest BCUT2D eigenvalue weighted by Crippen LogP contribution is -2.16. The van der Waals surface area contributed by atoms with E-state index in [1.54, 1.807) is 43.3 Å². The molecule has 1 aromatic rings. The molecule has 5 heteroatoms. The highest BCUT2D eigenvalue weighted by atomic mass is 16.5. The molecule has 0 fully saturated rings. The van der Waals surface area contributed by atoms with E-state index in [1.165, 1.54) is 6.20 Å². The number of nitrogens with zero attached hydrogens (tertiary/aromatic N) is 2. The first-order chi connectivity index (χ1) is 9.06. The lowest BCUT2D eigenvalue weighted by molar-refractivity contribution is -0.112. The monoisotopic (exact) mass is 259 g/mol. The Morgan fingerprint density at radius 3 is 2.53 bits per heavy atom. The third kappa shape index (κ3) is 4.72. The zero-order chi connectivity index (χ0) is 14.3. The van der Waals surface area contributed by atoms with E-state index in [-0.39, 0.29) is 5.57 Å². The summed E-state index contributed by atoms with van der Waals surface area (Å²) in [5.74, 6) is 0.310. The van der Waals surface area contributed by atoms with Crippen LogP contribution < -0.4 is 10.1 Å². The van der Waals surface area contributed by atoms with Crippen LogP contribution >= 0.6 is 0 Å². The maximum atomic E-state index is 11.8. The molecule has 5 nitrogen and oxygen atoms in total. The number of carbonyl (C=O) groups is 1. The van der Waals surface area contributed by atoms with Crippen molar-refractivity contribution in [3.05, 3.63) is 36.0 Å². The Labute approximate surface area is 113 Å². The maximum Gasteiger partial charge on any atom is 0.267 e. The molecule has 19 heavy (non-hydrogen) atoms. The molecule has 100 valence electrons. The van der Waals surface area contributed by atoms with E-state index >= 15 is 0 Å². The lowest BCUT2D eigenvalue weighted by atomic mass is 10.2. The van der Waals surface area contributed by atoms with Crippen molar-refractivity contribution in [1.82, 2.24) is 4.90 Å². The largest absolute Gasteiger partial charge is 0.494 e. The van der Waals surface area contributed by atoms with Crippen LogP contribution in [0.25, 0.3) is 0 Å². The smallest absolute Gasteiger partial charge is 0.267 e. The second kappa shape index (κ2) is 7.07. The van der Waals surface area contributed by atoms with E-state index < -0.39 is 5.91 Å². The predicted molar refractivity (Wildman–Crippen MR) is 73.6 cm³/mol. The highest BCUT2D eigenvalue weighted by Gasteiger charge is 2.09. The van der Waals surface area contributed by atoms with Gasteiger partial charge in [0.1, 0.15) is 17.4 Å². The summed E-state index contributed by atoms with van der Waals surface area (Å²) < 4.78 is 5.30. The van der Waals surface area contributed by atoms with Gasteiger partial charge in [-0.25, -0.2) is 0 Å². The standard InChI is InChI=1S/C14H17N3O2/c1-4-19-13-7-5-12(6-8-13)16-14(18)11(9-15)10-17(2)3/h5-8,10H,4H2,1-3H3,(H,16,18). The number of hydrogen-bond acceptors (Lipinski definition) is 4. The Balaban J connectivity index is 2.74. The normalized spacial score (nSPS) is 10.5. The van der Waals surface area contributed by atoms with Gasteiger partial charge in [-0.3, -0.25) is 4.79 Å².